The first-order valence-electron chi connectivity index (χ1n) is 10.3. The molecule has 170 valence electrons. The Morgan fingerprint density at radius 3 is 2.42 bits per heavy atom. The van der Waals surface area contributed by atoms with E-state index < -0.39 is 0 Å². The number of allylic oxidation sites excluding steroid dienone is 1. The molecule has 0 saturated heterocycles. The minimum Gasteiger partial charge on any atom is -0.339 e. The molecule has 0 spiro atoms. The summed E-state index contributed by atoms with van der Waals surface area (Å²) in [6.07, 6.45) is 3.61. The third kappa shape index (κ3) is 4.80. The Hall–Kier alpha value is -3.15. The minimum atomic E-state index is -0.362. The van der Waals surface area contributed by atoms with Crippen LogP contribution in [0.25, 0.3) is 10.9 Å². The van der Waals surface area contributed by atoms with Gasteiger partial charge in [0.2, 0.25) is 0 Å². The number of nitrogens with zero attached hydrogens (tertiary/aromatic N) is 3. The molecule has 0 N–H and O–H groups in total. The van der Waals surface area contributed by atoms with E-state index >= 15 is 0 Å². The minimum absolute atomic E-state index is 0. The van der Waals surface area contributed by atoms with Gasteiger partial charge in [-0.05, 0) is 74.0 Å². The lowest BCUT2D eigenvalue weighted by Gasteiger charge is -2.23. The summed E-state index contributed by atoms with van der Waals surface area (Å²) in [5.41, 5.74) is 5.10. The Morgan fingerprint density at radius 2 is 1.79 bits per heavy atom. The van der Waals surface area contributed by atoms with Crippen molar-refractivity contribution in [3.63, 3.8) is 0 Å². The monoisotopic (exact) mass is 483 g/mol. The molecule has 0 fully saturated rings. The van der Waals surface area contributed by atoms with Crippen LogP contribution < -0.4 is 4.90 Å². The fraction of sp³-hybridized carbons (Fsp3) is 0.154. The molecule has 4 aromatic rings. The van der Waals surface area contributed by atoms with Gasteiger partial charge in [-0.1, -0.05) is 17.7 Å². The highest BCUT2D eigenvalue weighted by Crippen LogP contribution is 2.29. The molecule has 7 heteroatoms. The third-order valence-electron chi connectivity index (χ3n) is 5.72. The fourth-order valence-electron chi connectivity index (χ4n) is 3.94. The number of halogens is 3. The molecular formula is C26H24Cl2FN3O. The number of carbonyl (C=O) groups excluding carboxylic acids is 1. The lowest BCUT2D eigenvalue weighted by Crippen LogP contribution is -2.31. The summed E-state index contributed by atoms with van der Waals surface area (Å²) in [6.45, 7) is 8.89. The van der Waals surface area contributed by atoms with Gasteiger partial charge in [0.05, 0.1) is 17.8 Å². The number of fused-ring (bicyclic) bond motifs is 1. The van der Waals surface area contributed by atoms with E-state index in [9.17, 15) is 9.18 Å². The van der Waals surface area contributed by atoms with Crippen LogP contribution in [0.4, 0.5) is 10.1 Å². The maximum Gasteiger partial charge on any atom is 0.258 e. The van der Waals surface area contributed by atoms with Crippen molar-refractivity contribution in [2.75, 3.05) is 4.90 Å². The number of aryl methyl sites for hydroxylation is 1. The zero-order valence-corrected chi connectivity index (χ0v) is 20.0. The van der Waals surface area contributed by atoms with Crippen LogP contribution in [0.2, 0.25) is 5.02 Å². The summed E-state index contributed by atoms with van der Waals surface area (Å²) in [4.78, 5) is 19.7. The van der Waals surface area contributed by atoms with E-state index in [1.165, 1.54) is 17.7 Å². The summed E-state index contributed by atoms with van der Waals surface area (Å²) >= 11 is 6.00. The number of pyridine rings is 1. The molecule has 0 aliphatic carbocycles. The Bertz CT molecular complexity index is 1300. The number of rotatable bonds is 6. The van der Waals surface area contributed by atoms with Crippen molar-refractivity contribution >= 4 is 46.5 Å². The maximum absolute atomic E-state index is 13.6. The highest BCUT2D eigenvalue weighted by Gasteiger charge is 2.22. The Balaban J connectivity index is 0.00000306. The molecule has 2 heterocycles. The smallest absolute Gasteiger partial charge is 0.258 e. The molecule has 4 nitrogen and oxygen atoms in total. The molecule has 0 aliphatic heterocycles. The molecule has 0 aliphatic rings. The van der Waals surface area contributed by atoms with E-state index in [1.54, 1.807) is 47.5 Å². The molecule has 0 saturated carbocycles. The zero-order chi connectivity index (χ0) is 22.8. The standard InChI is InChI=1S/C26H23ClFN3O.ClH/c1-4-15-30-18(3)17(2)23-13-14-29-24(25(23)30)16-31(22-11-9-21(28)10-12-22)26(32)19-5-7-20(27)8-6-19;/h4-14H,1,15-16H2,2-3H3;1H. The molecule has 0 radical (unpaired) electrons. The predicted molar refractivity (Wildman–Crippen MR) is 135 cm³/mol. The van der Waals surface area contributed by atoms with E-state index in [0.717, 1.165) is 22.3 Å². The van der Waals surface area contributed by atoms with Crippen LogP contribution in [0.3, 0.4) is 0 Å². The number of hydrogen-bond acceptors (Lipinski definition) is 2. The predicted octanol–water partition coefficient (Wildman–Crippen LogP) is 6.90. The van der Waals surface area contributed by atoms with Crippen LogP contribution in [-0.4, -0.2) is 15.5 Å². The second-order valence-electron chi connectivity index (χ2n) is 7.64. The van der Waals surface area contributed by atoms with Crippen molar-refractivity contribution in [3.8, 4) is 0 Å². The van der Waals surface area contributed by atoms with Gasteiger partial charge in [0.25, 0.3) is 5.91 Å². The molecule has 4 rings (SSSR count). The summed E-state index contributed by atoms with van der Waals surface area (Å²) in [7, 11) is 0. The van der Waals surface area contributed by atoms with E-state index in [4.69, 9.17) is 11.6 Å². The summed E-state index contributed by atoms with van der Waals surface area (Å²) in [5, 5.41) is 1.64. The van der Waals surface area contributed by atoms with Crippen molar-refractivity contribution in [2.24, 2.45) is 0 Å². The van der Waals surface area contributed by atoms with Crippen molar-refractivity contribution in [3.05, 3.63) is 107 Å². The lowest BCUT2D eigenvalue weighted by molar-refractivity contribution is 0.0985. The highest BCUT2D eigenvalue weighted by molar-refractivity contribution is 6.30. The topological polar surface area (TPSA) is 38.1 Å². The van der Waals surface area contributed by atoms with Crippen LogP contribution >= 0.6 is 24.0 Å². The van der Waals surface area contributed by atoms with E-state index in [1.807, 2.05) is 12.1 Å². The van der Waals surface area contributed by atoms with Crippen LogP contribution in [0.1, 0.15) is 27.3 Å². The molecule has 1 amide bonds. The Labute approximate surface area is 203 Å². The van der Waals surface area contributed by atoms with Crippen molar-refractivity contribution in [1.29, 1.82) is 0 Å². The lowest BCUT2D eigenvalue weighted by atomic mass is 10.1. The van der Waals surface area contributed by atoms with Crippen LogP contribution in [-0.2, 0) is 13.1 Å². The van der Waals surface area contributed by atoms with Crippen LogP contribution in [0.5, 0.6) is 0 Å². The van der Waals surface area contributed by atoms with Gasteiger partial charge >= 0.3 is 0 Å². The SMILES string of the molecule is C=CCn1c(C)c(C)c2ccnc(CN(C(=O)c3ccc(Cl)cc3)c3ccc(F)cc3)c21.Cl. The second-order valence-corrected chi connectivity index (χ2v) is 8.07. The summed E-state index contributed by atoms with van der Waals surface area (Å²) in [5.74, 6) is -0.582. The van der Waals surface area contributed by atoms with Gasteiger partial charge in [0.1, 0.15) is 5.82 Å². The van der Waals surface area contributed by atoms with Crippen LogP contribution in [0.15, 0.2) is 73.4 Å². The van der Waals surface area contributed by atoms with E-state index in [2.05, 4.69) is 30.0 Å². The molecule has 2 aromatic carbocycles. The molecule has 0 unspecified atom stereocenters. The molecular weight excluding hydrogens is 460 g/mol. The van der Waals surface area contributed by atoms with E-state index in [0.29, 0.717) is 22.8 Å². The van der Waals surface area contributed by atoms with Gasteiger partial charge in [0, 0.05) is 40.1 Å². The van der Waals surface area contributed by atoms with Gasteiger partial charge < -0.3 is 9.47 Å². The molecule has 33 heavy (non-hydrogen) atoms. The van der Waals surface area contributed by atoms with Gasteiger partial charge in [-0.2, -0.15) is 0 Å². The number of benzene rings is 2. The van der Waals surface area contributed by atoms with Gasteiger partial charge in [-0.25, -0.2) is 4.39 Å². The maximum atomic E-state index is 13.6. The van der Waals surface area contributed by atoms with Crippen molar-refractivity contribution in [1.82, 2.24) is 9.55 Å². The normalized spacial score (nSPS) is 10.7. The third-order valence-corrected chi connectivity index (χ3v) is 5.97. The van der Waals surface area contributed by atoms with Crippen molar-refractivity contribution in [2.45, 2.75) is 26.9 Å². The number of hydrogen-bond donors (Lipinski definition) is 0. The quantitative estimate of drug-likeness (QED) is 0.279. The first-order valence-corrected chi connectivity index (χ1v) is 10.7. The van der Waals surface area contributed by atoms with Crippen LogP contribution in [0, 0.1) is 19.7 Å². The van der Waals surface area contributed by atoms with Gasteiger partial charge in [-0.15, -0.1) is 19.0 Å². The van der Waals surface area contributed by atoms with Crippen molar-refractivity contribution < 1.29 is 9.18 Å². The average Bonchev–Trinajstić information content (AvgIpc) is 3.04. The summed E-state index contributed by atoms with van der Waals surface area (Å²) in [6, 6.07) is 14.6. The molecule has 0 atom stereocenters. The zero-order valence-electron chi connectivity index (χ0n) is 18.4. The first kappa shape index (κ1) is 24.5. The first-order chi connectivity index (χ1) is 15.4. The largest absolute Gasteiger partial charge is 0.339 e. The van der Waals surface area contributed by atoms with E-state index in [-0.39, 0.29) is 30.7 Å². The number of anilines is 1. The molecule has 2 aromatic heterocycles. The Morgan fingerprint density at radius 1 is 1.12 bits per heavy atom. The van der Waals surface area contributed by atoms with Gasteiger partial charge in [-0.3, -0.25) is 9.78 Å². The number of amides is 1. The average molecular weight is 484 g/mol. The molecule has 0 bridgehead atoms. The second kappa shape index (κ2) is 10.2. The van der Waals surface area contributed by atoms with Gasteiger partial charge in [0.15, 0.2) is 0 Å². The fourth-order valence-corrected chi connectivity index (χ4v) is 4.06. The summed E-state index contributed by atoms with van der Waals surface area (Å²) < 4.78 is 15.8. The number of carbonyl (C=O) groups is 1. The number of aromatic nitrogens is 2. The Kier molecular flexibility index (Phi) is 7.57. The highest BCUT2D eigenvalue weighted by atomic mass is 35.5.